The van der Waals surface area contributed by atoms with Crippen LogP contribution in [0.4, 0.5) is 8.78 Å². The SMILES string of the molecule is CCCC(C)(C)c1c(F)cc(C#N)cc1F. The Hall–Kier alpha value is -1.43. The molecule has 1 rings (SSSR count). The molecule has 0 aliphatic rings. The maximum Gasteiger partial charge on any atom is 0.131 e. The smallest absolute Gasteiger partial charge is 0.131 e. The molecule has 0 saturated carbocycles. The fourth-order valence-corrected chi connectivity index (χ4v) is 2.03. The highest BCUT2D eigenvalue weighted by atomic mass is 19.1. The summed E-state index contributed by atoms with van der Waals surface area (Å²) in [6, 6.07) is 3.93. The van der Waals surface area contributed by atoms with Crippen molar-refractivity contribution in [1.82, 2.24) is 0 Å². The van der Waals surface area contributed by atoms with Crippen LogP contribution in [0.1, 0.15) is 44.7 Å². The lowest BCUT2D eigenvalue weighted by Gasteiger charge is -2.25. The summed E-state index contributed by atoms with van der Waals surface area (Å²) in [4.78, 5) is 0. The summed E-state index contributed by atoms with van der Waals surface area (Å²) in [5, 5.41) is 8.60. The molecular formula is C13H15F2N. The van der Waals surface area contributed by atoms with E-state index in [0.29, 0.717) is 6.42 Å². The molecule has 0 N–H and O–H groups in total. The van der Waals surface area contributed by atoms with E-state index in [2.05, 4.69) is 0 Å². The van der Waals surface area contributed by atoms with E-state index < -0.39 is 17.0 Å². The molecule has 0 radical (unpaired) electrons. The van der Waals surface area contributed by atoms with Gasteiger partial charge in [-0.25, -0.2) is 8.78 Å². The molecule has 0 unspecified atom stereocenters. The Kier molecular flexibility index (Phi) is 3.64. The average Bonchev–Trinajstić information content (AvgIpc) is 2.15. The second-order valence-corrected chi connectivity index (χ2v) is 4.56. The average molecular weight is 223 g/mol. The summed E-state index contributed by atoms with van der Waals surface area (Å²) >= 11 is 0. The summed E-state index contributed by atoms with van der Waals surface area (Å²) in [7, 11) is 0. The van der Waals surface area contributed by atoms with Gasteiger partial charge < -0.3 is 0 Å². The van der Waals surface area contributed by atoms with E-state index in [0.717, 1.165) is 18.6 Å². The summed E-state index contributed by atoms with van der Waals surface area (Å²) in [6.45, 7) is 5.59. The molecule has 3 heteroatoms. The second-order valence-electron chi connectivity index (χ2n) is 4.56. The van der Waals surface area contributed by atoms with Crippen LogP contribution in [0.5, 0.6) is 0 Å². The highest BCUT2D eigenvalue weighted by molar-refractivity contribution is 5.37. The van der Waals surface area contributed by atoms with Crippen molar-refractivity contribution < 1.29 is 8.78 Å². The number of nitrogens with zero attached hydrogens (tertiary/aromatic N) is 1. The number of hydrogen-bond acceptors (Lipinski definition) is 1. The lowest BCUT2D eigenvalue weighted by atomic mass is 9.80. The van der Waals surface area contributed by atoms with Gasteiger partial charge in [-0.2, -0.15) is 5.26 Å². The quantitative estimate of drug-likeness (QED) is 0.762. The molecule has 0 aromatic heterocycles. The van der Waals surface area contributed by atoms with Crippen LogP contribution in [0.3, 0.4) is 0 Å². The van der Waals surface area contributed by atoms with Crippen LogP contribution in [-0.2, 0) is 5.41 Å². The minimum Gasteiger partial charge on any atom is -0.207 e. The number of nitriles is 1. The van der Waals surface area contributed by atoms with Gasteiger partial charge in [-0.05, 0) is 24.0 Å². The highest BCUT2D eigenvalue weighted by Gasteiger charge is 2.27. The molecule has 0 atom stereocenters. The fraction of sp³-hybridized carbons (Fsp3) is 0.462. The van der Waals surface area contributed by atoms with Crippen molar-refractivity contribution in [3.05, 3.63) is 34.9 Å². The lowest BCUT2D eigenvalue weighted by Crippen LogP contribution is -2.20. The summed E-state index contributed by atoms with van der Waals surface area (Å²) in [6.07, 6.45) is 1.55. The maximum atomic E-state index is 13.7. The summed E-state index contributed by atoms with van der Waals surface area (Å²) < 4.78 is 27.5. The molecule has 16 heavy (non-hydrogen) atoms. The van der Waals surface area contributed by atoms with Crippen LogP contribution in [-0.4, -0.2) is 0 Å². The zero-order valence-corrected chi connectivity index (χ0v) is 9.77. The zero-order valence-electron chi connectivity index (χ0n) is 9.77. The van der Waals surface area contributed by atoms with Gasteiger partial charge >= 0.3 is 0 Å². The Labute approximate surface area is 94.7 Å². The predicted octanol–water partition coefficient (Wildman–Crippen LogP) is 3.91. The van der Waals surface area contributed by atoms with Gasteiger partial charge in [-0.3, -0.25) is 0 Å². The van der Waals surface area contributed by atoms with Crippen LogP contribution >= 0.6 is 0 Å². The molecular weight excluding hydrogens is 208 g/mol. The molecule has 0 aliphatic carbocycles. The highest BCUT2D eigenvalue weighted by Crippen LogP contribution is 2.32. The Morgan fingerprint density at radius 3 is 2.12 bits per heavy atom. The van der Waals surface area contributed by atoms with Crippen molar-refractivity contribution in [3.8, 4) is 6.07 Å². The first-order valence-corrected chi connectivity index (χ1v) is 5.32. The second kappa shape index (κ2) is 4.61. The number of rotatable bonds is 3. The molecule has 0 saturated heterocycles. The molecule has 86 valence electrons. The number of hydrogen-bond donors (Lipinski definition) is 0. The normalized spacial score (nSPS) is 11.2. The van der Waals surface area contributed by atoms with Gasteiger partial charge in [0.2, 0.25) is 0 Å². The van der Waals surface area contributed by atoms with Crippen molar-refractivity contribution in [2.75, 3.05) is 0 Å². The molecule has 1 nitrogen and oxygen atoms in total. The Bertz CT molecular complexity index is 407. The molecule has 0 spiro atoms. The van der Waals surface area contributed by atoms with E-state index >= 15 is 0 Å². The van der Waals surface area contributed by atoms with Gasteiger partial charge in [0.05, 0.1) is 11.6 Å². The van der Waals surface area contributed by atoms with Crippen molar-refractivity contribution in [2.45, 2.75) is 39.0 Å². The van der Waals surface area contributed by atoms with Gasteiger partial charge in [0.15, 0.2) is 0 Å². The van der Waals surface area contributed by atoms with E-state index in [1.165, 1.54) is 0 Å². The third kappa shape index (κ3) is 2.38. The van der Waals surface area contributed by atoms with Crippen molar-refractivity contribution in [3.63, 3.8) is 0 Å². The van der Waals surface area contributed by atoms with E-state index in [1.54, 1.807) is 6.07 Å². The van der Waals surface area contributed by atoms with Crippen LogP contribution in [0.25, 0.3) is 0 Å². The first-order valence-electron chi connectivity index (χ1n) is 5.32. The molecule has 1 aromatic carbocycles. The topological polar surface area (TPSA) is 23.8 Å². The summed E-state index contributed by atoms with van der Waals surface area (Å²) in [5.41, 5.74) is -0.448. The monoisotopic (exact) mass is 223 g/mol. The first-order chi connectivity index (χ1) is 7.42. The van der Waals surface area contributed by atoms with Gasteiger partial charge in [0.1, 0.15) is 11.6 Å². The summed E-state index contributed by atoms with van der Waals surface area (Å²) in [5.74, 6) is -1.26. The Morgan fingerprint density at radius 2 is 1.75 bits per heavy atom. The Morgan fingerprint density at radius 1 is 1.25 bits per heavy atom. The molecule has 1 aromatic rings. The minimum atomic E-state index is -0.630. The van der Waals surface area contributed by atoms with Crippen LogP contribution in [0.2, 0.25) is 0 Å². The van der Waals surface area contributed by atoms with Crippen molar-refractivity contribution in [2.24, 2.45) is 0 Å². The first kappa shape index (κ1) is 12.6. The van der Waals surface area contributed by atoms with E-state index in [4.69, 9.17) is 5.26 Å². The number of halogens is 2. The molecule has 0 heterocycles. The van der Waals surface area contributed by atoms with Gasteiger partial charge in [-0.15, -0.1) is 0 Å². The molecule has 0 aliphatic heterocycles. The largest absolute Gasteiger partial charge is 0.207 e. The zero-order chi connectivity index (χ0) is 12.3. The number of benzene rings is 1. The third-order valence-electron chi connectivity index (χ3n) is 2.72. The fourth-order valence-electron chi connectivity index (χ4n) is 2.03. The van der Waals surface area contributed by atoms with E-state index in [1.807, 2.05) is 20.8 Å². The van der Waals surface area contributed by atoms with E-state index in [9.17, 15) is 8.78 Å². The standard InChI is InChI=1S/C13H15F2N/c1-4-5-13(2,3)12-10(14)6-9(8-16)7-11(12)15/h6-7H,4-5H2,1-3H3. The van der Waals surface area contributed by atoms with Crippen LogP contribution in [0.15, 0.2) is 12.1 Å². The third-order valence-corrected chi connectivity index (χ3v) is 2.72. The molecule has 0 fully saturated rings. The van der Waals surface area contributed by atoms with Gasteiger partial charge in [0.25, 0.3) is 0 Å². The molecule has 0 bridgehead atoms. The maximum absolute atomic E-state index is 13.7. The van der Waals surface area contributed by atoms with Crippen molar-refractivity contribution >= 4 is 0 Å². The van der Waals surface area contributed by atoms with Gasteiger partial charge in [0, 0.05) is 5.56 Å². The van der Waals surface area contributed by atoms with Crippen LogP contribution in [0, 0.1) is 23.0 Å². The predicted molar refractivity (Wildman–Crippen MR) is 59.0 cm³/mol. The van der Waals surface area contributed by atoms with Crippen molar-refractivity contribution in [1.29, 1.82) is 5.26 Å². The van der Waals surface area contributed by atoms with Crippen LogP contribution < -0.4 is 0 Å². The van der Waals surface area contributed by atoms with Gasteiger partial charge in [-0.1, -0.05) is 27.2 Å². The minimum absolute atomic E-state index is 0.0195. The molecule has 0 amide bonds. The Balaban J connectivity index is 3.30. The lowest BCUT2D eigenvalue weighted by molar-refractivity contribution is 0.416. The van der Waals surface area contributed by atoms with E-state index in [-0.39, 0.29) is 11.1 Å².